The molecule has 0 aliphatic carbocycles. The molecule has 23 heavy (non-hydrogen) atoms. The van der Waals surface area contributed by atoms with Crippen LogP contribution in [0.25, 0.3) is 5.57 Å². The normalized spacial score (nSPS) is 23.6. The molecule has 0 fully saturated rings. The molecular formula is C15H17N3O5. The fourth-order valence-electron chi connectivity index (χ4n) is 2.62. The maximum absolute atomic E-state index is 11.8. The van der Waals surface area contributed by atoms with Crippen LogP contribution in [0.1, 0.15) is 12.0 Å². The molecule has 0 aromatic heterocycles. The Kier molecular flexibility index (Phi) is 3.85. The van der Waals surface area contributed by atoms with Crippen LogP contribution in [0.15, 0.2) is 36.9 Å². The van der Waals surface area contributed by atoms with Crippen molar-refractivity contribution in [3.63, 3.8) is 0 Å². The van der Waals surface area contributed by atoms with E-state index in [-0.39, 0.29) is 12.3 Å². The van der Waals surface area contributed by atoms with E-state index in [1.165, 1.54) is 32.9 Å². The van der Waals surface area contributed by atoms with Crippen LogP contribution in [0.3, 0.4) is 0 Å². The van der Waals surface area contributed by atoms with Crippen molar-refractivity contribution in [1.82, 2.24) is 15.9 Å². The van der Waals surface area contributed by atoms with Crippen molar-refractivity contribution in [2.75, 3.05) is 14.2 Å². The Morgan fingerprint density at radius 1 is 1.30 bits per heavy atom. The maximum Gasteiger partial charge on any atom is 0.228 e. The second kappa shape index (κ2) is 5.82. The van der Waals surface area contributed by atoms with Crippen molar-refractivity contribution in [2.24, 2.45) is 0 Å². The first kappa shape index (κ1) is 15.2. The molecule has 3 rings (SSSR count). The molecule has 2 aliphatic rings. The van der Waals surface area contributed by atoms with Crippen molar-refractivity contribution < 1.29 is 24.2 Å². The molecule has 1 unspecified atom stereocenters. The number of carbonyl (C=O) groups excluding carboxylic acids is 1. The number of hydrazine groups is 1. The Balaban J connectivity index is 2.14. The third-order valence-electron chi connectivity index (χ3n) is 3.68. The molecule has 0 saturated heterocycles. The van der Waals surface area contributed by atoms with E-state index in [4.69, 9.17) is 14.3 Å². The van der Waals surface area contributed by atoms with Gasteiger partial charge < -0.3 is 24.7 Å². The molecule has 1 atom stereocenters. The lowest BCUT2D eigenvalue weighted by molar-refractivity contribution is -0.249. The SMILES string of the molecule is COc1cccc(OC)c1C1=CNC(=O)CC1(O)N1NC=CO1. The topological polar surface area (TPSA) is 92.3 Å². The summed E-state index contributed by atoms with van der Waals surface area (Å²) in [6.45, 7) is 0. The van der Waals surface area contributed by atoms with Gasteiger partial charge in [-0.05, 0) is 17.3 Å². The van der Waals surface area contributed by atoms with Crippen LogP contribution in [0, 0.1) is 0 Å². The van der Waals surface area contributed by atoms with Gasteiger partial charge in [0.1, 0.15) is 17.8 Å². The monoisotopic (exact) mass is 319 g/mol. The zero-order chi connectivity index (χ0) is 16.4. The number of ether oxygens (including phenoxy) is 2. The van der Waals surface area contributed by atoms with Gasteiger partial charge in [-0.1, -0.05) is 6.07 Å². The lowest BCUT2D eigenvalue weighted by Gasteiger charge is -2.38. The summed E-state index contributed by atoms with van der Waals surface area (Å²) in [5.41, 5.74) is 1.90. The largest absolute Gasteiger partial charge is 0.496 e. The number of hydroxylamine groups is 1. The summed E-state index contributed by atoms with van der Waals surface area (Å²) in [5.74, 6) is 0.650. The number of nitrogens with one attached hydrogen (secondary N) is 2. The van der Waals surface area contributed by atoms with Gasteiger partial charge in [0.25, 0.3) is 0 Å². The number of hydrogen-bond donors (Lipinski definition) is 3. The summed E-state index contributed by atoms with van der Waals surface area (Å²) in [5, 5.41) is 14.9. The third kappa shape index (κ3) is 2.47. The summed E-state index contributed by atoms with van der Waals surface area (Å²) in [6.07, 6.45) is 4.06. The minimum absolute atomic E-state index is 0.227. The third-order valence-corrected chi connectivity index (χ3v) is 3.68. The highest BCUT2D eigenvalue weighted by atomic mass is 16.7. The van der Waals surface area contributed by atoms with E-state index in [9.17, 15) is 9.90 Å². The lowest BCUT2D eigenvalue weighted by Crippen LogP contribution is -2.56. The quantitative estimate of drug-likeness (QED) is 0.743. The Labute approximate surface area is 132 Å². The Morgan fingerprint density at radius 2 is 2.00 bits per heavy atom. The molecule has 1 aromatic carbocycles. The summed E-state index contributed by atoms with van der Waals surface area (Å²) in [4.78, 5) is 17.0. The Bertz CT molecular complexity index is 657. The van der Waals surface area contributed by atoms with Gasteiger partial charge in [0.15, 0.2) is 0 Å². The minimum atomic E-state index is -1.74. The summed E-state index contributed by atoms with van der Waals surface area (Å²) in [7, 11) is 3.04. The smallest absolute Gasteiger partial charge is 0.228 e. The fraction of sp³-hybridized carbons (Fsp3) is 0.267. The van der Waals surface area contributed by atoms with Crippen LogP contribution in [-0.4, -0.2) is 36.1 Å². The van der Waals surface area contributed by atoms with Crippen molar-refractivity contribution in [3.8, 4) is 11.5 Å². The molecule has 2 heterocycles. The number of benzene rings is 1. The summed E-state index contributed by atoms with van der Waals surface area (Å²) in [6, 6.07) is 5.26. The van der Waals surface area contributed by atoms with Gasteiger partial charge in [0, 0.05) is 11.8 Å². The van der Waals surface area contributed by atoms with E-state index < -0.39 is 5.72 Å². The number of carbonyl (C=O) groups is 1. The highest BCUT2D eigenvalue weighted by Gasteiger charge is 2.48. The zero-order valence-corrected chi connectivity index (χ0v) is 12.7. The zero-order valence-electron chi connectivity index (χ0n) is 12.7. The summed E-state index contributed by atoms with van der Waals surface area (Å²) < 4.78 is 10.8. The molecule has 3 N–H and O–H groups in total. The summed E-state index contributed by atoms with van der Waals surface area (Å²) >= 11 is 0. The second-order valence-corrected chi connectivity index (χ2v) is 4.99. The van der Waals surface area contributed by atoms with Crippen LogP contribution in [-0.2, 0) is 9.63 Å². The van der Waals surface area contributed by atoms with Crippen LogP contribution < -0.4 is 20.2 Å². The minimum Gasteiger partial charge on any atom is -0.496 e. The van der Waals surface area contributed by atoms with Gasteiger partial charge >= 0.3 is 0 Å². The second-order valence-electron chi connectivity index (χ2n) is 4.99. The average molecular weight is 319 g/mol. The molecule has 0 saturated carbocycles. The van der Waals surface area contributed by atoms with Gasteiger partial charge in [0.2, 0.25) is 11.6 Å². The van der Waals surface area contributed by atoms with Crippen LogP contribution in [0.2, 0.25) is 0 Å². The fourth-order valence-corrected chi connectivity index (χ4v) is 2.62. The molecule has 8 heteroatoms. The molecule has 1 amide bonds. The van der Waals surface area contributed by atoms with Gasteiger partial charge in [-0.2, -0.15) is 0 Å². The molecule has 8 nitrogen and oxygen atoms in total. The van der Waals surface area contributed by atoms with E-state index in [1.54, 1.807) is 18.2 Å². The molecular weight excluding hydrogens is 302 g/mol. The van der Waals surface area contributed by atoms with Crippen molar-refractivity contribution >= 4 is 11.5 Å². The van der Waals surface area contributed by atoms with Crippen molar-refractivity contribution in [1.29, 1.82) is 0 Å². The van der Waals surface area contributed by atoms with Crippen molar-refractivity contribution in [2.45, 2.75) is 12.1 Å². The first-order chi connectivity index (χ1) is 11.1. The number of nitrogens with zero attached hydrogens (tertiary/aromatic N) is 1. The van der Waals surface area contributed by atoms with Crippen LogP contribution in [0.5, 0.6) is 11.5 Å². The highest BCUT2D eigenvalue weighted by molar-refractivity contribution is 5.90. The number of amides is 1. The number of aliphatic hydroxyl groups is 1. The maximum atomic E-state index is 11.8. The van der Waals surface area contributed by atoms with Crippen molar-refractivity contribution in [3.05, 3.63) is 42.4 Å². The Morgan fingerprint density at radius 3 is 2.57 bits per heavy atom. The average Bonchev–Trinajstić information content (AvgIpc) is 3.09. The van der Waals surface area contributed by atoms with Gasteiger partial charge in [-0.3, -0.25) is 10.2 Å². The molecule has 0 bridgehead atoms. The molecule has 2 aliphatic heterocycles. The molecule has 122 valence electrons. The highest BCUT2D eigenvalue weighted by Crippen LogP contribution is 2.43. The van der Waals surface area contributed by atoms with E-state index in [0.29, 0.717) is 22.6 Å². The van der Waals surface area contributed by atoms with E-state index in [1.807, 2.05) is 0 Å². The predicted octanol–water partition coefficient (Wildman–Crippen LogP) is 0.476. The van der Waals surface area contributed by atoms with Crippen LogP contribution >= 0.6 is 0 Å². The first-order valence-corrected chi connectivity index (χ1v) is 6.92. The van der Waals surface area contributed by atoms with Gasteiger partial charge in [0.05, 0.1) is 32.4 Å². The molecule has 0 spiro atoms. The van der Waals surface area contributed by atoms with Crippen LogP contribution in [0.4, 0.5) is 0 Å². The number of hydrogen-bond acceptors (Lipinski definition) is 7. The van der Waals surface area contributed by atoms with E-state index >= 15 is 0 Å². The number of rotatable bonds is 4. The van der Waals surface area contributed by atoms with E-state index in [0.717, 1.165) is 5.17 Å². The van der Waals surface area contributed by atoms with Gasteiger partial charge in [-0.25, -0.2) is 0 Å². The lowest BCUT2D eigenvalue weighted by atomic mass is 9.89. The Hall–Kier alpha value is -2.71. The standard InChI is InChI=1S/C15H17N3O5/c1-21-11-4-3-5-12(22-2)14(11)10-9-16-13(19)8-15(10,20)18-17-6-7-23-18/h3-7,9,17,20H,8H2,1-2H3,(H,16,19). The first-order valence-electron chi connectivity index (χ1n) is 6.92. The predicted molar refractivity (Wildman–Crippen MR) is 80.4 cm³/mol. The van der Waals surface area contributed by atoms with Gasteiger partial charge in [-0.15, -0.1) is 0 Å². The molecule has 1 aromatic rings. The number of methoxy groups -OCH3 is 2. The van der Waals surface area contributed by atoms with E-state index in [2.05, 4.69) is 10.7 Å². The molecule has 0 radical (unpaired) electrons.